The fourth-order valence-electron chi connectivity index (χ4n) is 3.74. The standard InChI is InChI=1S/C21H20N6O3S2/c28-20(14-1-3-16-18(11-14)31-13-23-16)22-5-6-25-7-9-26(10-8-25)21-24-17-4-2-15(27(29)30)12-19(17)32-21/h1-4,11-13H,5-10H2,(H,22,28). The van der Waals surface area contributed by atoms with Crippen LogP contribution in [-0.2, 0) is 0 Å². The van der Waals surface area contributed by atoms with E-state index in [2.05, 4.69) is 25.1 Å². The van der Waals surface area contributed by atoms with Crippen LogP contribution in [-0.4, -0.2) is 65.0 Å². The Kier molecular flexibility index (Phi) is 5.68. The van der Waals surface area contributed by atoms with E-state index >= 15 is 0 Å². The fourth-order valence-corrected chi connectivity index (χ4v) is 5.51. The molecule has 1 saturated heterocycles. The number of nitrogens with one attached hydrogen (secondary N) is 1. The van der Waals surface area contributed by atoms with Crippen LogP contribution in [0.2, 0.25) is 0 Å². The van der Waals surface area contributed by atoms with Gasteiger partial charge in [-0.15, -0.1) is 11.3 Å². The van der Waals surface area contributed by atoms with Crippen molar-refractivity contribution < 1.29 is 9.72 Å². The van der Waals surface area contributed by atoms with Gasteiger partial charge in [0.25, 0.3) is 11.6 Å². The predicted octanol–water partition coefficient (Wildman–Crippen LogP) is 3.37. The number of amides is 1. The van der Waals surface area contributed by atoms with E-state index in [1.54, 1.807) is 17.6 Å². The number of carbonyl (C=O) groups excluding carboxylic acids is 1. The number of rotatable bonds is 6. The van der Waals surface area contributed by atoms with Gasteiger partial charge in [0.2, 0.25) is 0 Å². The molecule has 0 radical (unpaired) electrons. The van der Waals surface area contributed by atoms with Crippen LogP contribution >= 0.6 is 22.7 Å². The second kappa shape index (κ2) is 8.77. The summed E-state index contributed by atoms with van der Waals surface area (Å²) in [4.78, 5) is 36.5. The van der Waals surface area contributed by atoms with Gasteiger partial charge in [-0.2, -0.15) is 0 Å². The second-order valence-electron chi connectivity index (χ2n) is 7.53. The molecule has 1 aliphatic heterocycles. The number of non-ortho nitro benzene ring substituents is 1. The molecule has 0 saturated carbocycles. The topological polar surface area (TPSA) is 105 Å². The predicted molar refractivity (Wildman–Crippen MR) is 127 cm³/mol. The van der Waals surface area contributed by atoms with Crippen LogP contribution < -0.4 is 10.2 Å². The average molecular weight is 469 g/mol. The van der Waals surface area contributed by atoms with Crippen LogP contribution in [0.5, 0.6) is 0 Å². The summed E-state index contributed by atoms with van der Waals surface area (Å²) in [5, 5.41) is 14.9. The number of nitro groups is 1. The fraction of sp³-hybridized carbons (Fsp3) is 0.286. The Bertz CT molecular complexity index is 1300. The van der Waals surface area contributed by atoms with Gasteiger partial charge in [0.05, 0.1) is 30.9 Å². The highest BCUT2D eigenvalue weighted by molar-refractivity contribution is 7.22. The van der Waals surface area contributed by atoms with Crippen molar-refractivity contribution >= 4 is 59.8 Å². The Hall–Kier alpha value is -3.15. The monoisotopic (exact) mass is 468 g/mol. The first-order valence-corrected chi connectivity index (χ1v) is 11.9. The molecule has 32 heavy (non-hydrogen) atoms. The van der Waals surface area contributed by atoms with Crippen molar-refractivity contribution in [1.82, 2.24) is 20.2 Å². The first kappa shape index (κ1) is 20.7. The molecule has 1 fully saturated rings. The van der Waals surface area contributed by atoms with E-state index in [-0.39, 0.29) is 16.5 Å². The summed E-state index contributed by atoms with van der Waals surface area (Å²) in [5.74, 6) is -0.0671. The molecule has 1 aliphatic rings. The Morgan fingerprint density at radius 2 is 1.91 bits per heavy atom. The molecule has 0 bridgehead atoms. The number of benzene rings is 2. The van der Waals surface area contributed by atoms with E-state index in [1.807, 2.05) is 18.2 Å². The molecule has 11 heteroatoms. The van der Waals surface area contributed by atoms with E-state index in [4.69, 9.17) is 0 Å². The number of aromatic nitrogens is 2. The van der Waals surface area contributed by atoms with Crippen molar-refractivity contribution in [3.05, 3.63) is 57.6 Å². The highest BCUT2D eigenvalue weighted by Gasteiger charge is 2.20. The zero-order chi connectivity index (χ0) is 22.1. The minimum atomic E-state index is -0.381. The normalized spacial score (nSPS) is 14.8. The van der Waals surface area contributed by atoms with Crippen molar-refractivity contribution in [2.24, 2.45) is 0 Å². The first-order chi connectivity index (χ1) is 15.6. The molecule has 0 unspecified atom stereocenters. The molecule has 2 aromatic heterocycles. The summed E-state index contributed by atoms with van der Waals surface area (Å²) in [6.07, 6.45) is 0. The van der Waals surface area contributed by atoms with Crippen LogP contribution in [0.15, 0.2) is 41.9 Å². The molecule has 5 rings (SSSR count). The number of hydrogen-bond acceptors (Lipinski definition) is 9. The average Bonchev–Trinajstić information content (AvgIpc) is 3.45. The van der Waals surface area contributed by atoms with E-state index in [0.29, 0.717) is 12.1 Å². The molecular weight excluding hydrogens is 448 g/mol. The van der Waals surface area contributed by atoms with Crippen molar-refractivity contribution in [3.63, 3.8) is 0 Å². The maximum atomic E-state index is 12.4. The summed E-state index contributed by atoms with van der Waals surface area (Å²) in [7, 11) is 0. The minimum Gasteiger partial charge on any atom is -0.351 e. The van der Waals surface area contributed by atoms with Crippen LogP contribution in [0.3, 0.4) is 0 Å². The lowest BCUT2D eigenvalue weighted by atomic mass is 10.2. The van der Waals surface area contributed by atoms with Gasteiger partial charge in [-0.05, 0) is 24.3 Å². The third-order valence-electron chi connectivity index (χ3n) is 5.52. The highest BCUT2D eigenvalue weighted by Crippen LogP contribution is 2.31. The Labute approximate surface area is 191 Å². The molecule has 1 amide bonds. The molecule has 9 nitrogen and oxygen atoms in total. The van der Waals surface area contributed by atoms with E-state index < -0.39 is 0 Å². The first-order valence-electron chi connectivity index (χ1n) is 10.2. The van der Waals surface area contributed by atoms with Gasteiger partial charge in [-0.1, -0.05) is 11.3 Å². The largest absolute Gasteiger partial charge is 0.351 e. The molecule has 0 aliphatic carbocycles. The molecular formula is C21H20N6O3S2. The van der Waals surface area contributed by atoms with Crippen LogP contribution in [0.1, 0.15) is 10.4 Å². The molecule has 3 heterocycles. The smallest absolute Gasteiger partial charge is 0.270 e. The van der Waals surface area contributed by atoms with Gasteiger partial charge < -0.3 is 10.2 Å². The number of anilines is 1. The van der Waals surface area contributed by atoms with E-state index in [1.165, 1.54) is 28.7 Å². The van der Waals surface area contributed by atoms with E-state index in [9.17, 15) is 14.9 Å². The van der Waals surface area contributed by atoms with Crippen molar-refractivity contribution in [3.8, 4) is 0 Å². The molecule has 0 spiro atoms. The summed E-state index contributed by atoms with van der Waals surface area (Å²) >= 11 is 3.02. The third-order valence-corrected chi connectivity index (χ3v) is 7.39. The van der Waals surface area contributed by atoms with Crippen LogP contribution in [0.4, 0.5) is 10.8 Å². The lowest BCUT2D eigenvalue weighted by Crippen LogP contribution is -2.48. The van der Waals surface area contributed by atoms with Gasteiger partial charge in [-0.25, -0.2) is 9.97 Å². The molecule has 2 aromatic carbocycles. The summed E-state index contributed by atoms with van der Waals surface area (Å²) in [5.41, 5.74) is 4.23. The molecule has 0 atom stereocenters. The second-order valence-corrected chi connectivity index (χ2v) is 9.42. The Morgan fingerprint density at radius 1 is 1.09 bits per heavy atom. The number of nitro benzene ring substituents is 1. The zero-order valence-electron chi connectivity index (χ0n) is 17.1. The van der Waals surface area contributed by atoms with Crippen molar-refractivity contribution in [2.75, 3.05) is 44.2 Å². The highest BCUT2D eigenvalue weighted by atomic mass is 32.1. The summed E-state index contributed by atoms with van der Waals surface area (Å²) in [6, 6.07) is 10.4. The van der Waals surface area contributed by atoms with Crippen LogP contribution in [0.25, 0.3) is 20.4 Å². The lowest BCUT2D eigenvalue weighted by molar-refractivity contribution is -0.384. The van der Waals surface area contributed by atoms with Gasteiger partial charge >= 0.3 is 0 Å². The van der Waals surface area contributed by atoms with Gasteiger partial charge in [-0.3, -0.25) is 19.8 Å². The maximum absolute atomic E-state index is 12.4. The lowest BCUT2D eigenvalue weighted by Gasteiger charge is -2.34. The zero-order valence-corrected chi connectivity index (χ0v) is 18.7. The third kappa shape index (κ3) is 4.27. The van der Waals surface area contributed by atoms with E-state index in [0.717, 1.165) is 58.3 Å². The maximum Gasteiger partial charge on any atom is 0.270 e. The number of nitrogens with zero attached hydrogens (tertiary/aromatic N) is 5. The molecule has 164 valence electrons. The number of fused-ring (bicyclic) bond motifs is 2. The number of carbonyl (C=O) groups is 1. The summed E-state index contributed by atoms with van der Waals surface area (Å²) < 4.78 is 1.84. The SMILES string of the molecule is O=C(NCCN1CCN(c2nc3ccc([N+](=O)[O-])cc3s2)CC1)c1ccc2ncsc2c1. The van der Waals surface area contributed by atoms with Gasteiger partial charge in [0, 0.05) is 57.0 Å². The Balaban J connectivity index is 1.12. The number of thiazole rings is 2. The molecule has 1 N–H and O–H groups in total. The number of hydrogen-bond donors (Lipinski definition) is 1. The summed E-state index contributed by atoms with van der Waals surface area (Å²) in [6.45, 7) is 4.78. The van der Waals surface area contributed by atoms with Gasteiger partial charge in [0.15, 0.2) is 5.13 Å². The van der Waals surface area contributed by atoms with Gasteiger partial charge in [0.1, 0.15) is 0 Å². The Morgan fingerprint density at radius 3 is 2.72 bits per heavy atom. The van der Waals surface area contributed by atoms with Crippen molar-refractivity contribution in [1.29, 1.82) is 0 Å². The van der Waals surface area contributed by atoms with Crippen LogP contribution in [0, 0.1) is 10.1 Å². The quantitative estimate of drug-likeness (QED) is 0.342. The minimum absolute atomic E-state index is 0.0671. The number of piperazine rings is 1. The van der Waals surface area contributed by atoms with Crippen molar-refractivity contribution in [2.45, 2.75) is 0 Å². The molecule has 4 aromatic rings.